The van der Waals surface area contributed by atoms with Crippen LogP contribution >= 0.6 is 0 Å². The molecule has 1 aliphatic carbocycles. The van der Waals surface area contributed by atoms with Crippen LogP contribution in [0.5, 0.6) is 0 Å². The largest absolute Gasteiger partial charge is 0.152 e. The zero-order valence-electron chi connectivity index (χ0n) is 10.6. The van der Waals surface area contributed by atoms with E-state index in [2.05, 4.69) is 62.5 Å². The molecular formula is C15H23B. The first-order chi connectivity index (χ1) is 7.88. The van der Waals surface area contributed by atoms with Crippen LogP contribution in [0.2, 0.25) is 18.5 Å². The highest BCUT2D eigenvalue weighted by Crippen LogP contribution is 2.24. The summed E-state index contributed by atoms with van der Waals surface area (Å²) in [6.45, 7) is 5.37. The first kappa shape index (κ1) is 13.1. The van der Waals surface area contributed by atoms with Crippen molar-refractivity contribution < 1.29 is 0 Å². The summed E-state index contributed by atoms with van der Waals surface area (Å²) >= 11 is 0. The number of hydrogen-bond donors (Lipinski definition) is 0. The van der Waals surface area contributed by atoms with Crippen LogP contribution in [-0.4, -0.2) is 6.71 Å². The van der Waals surface area contributed by atoms with Crippen molar-refractivity contribution in [2.24, 2.45) is 0 Å². The van der Waals surface area contributed by atoms with Crippen LogP contribution in [0.3, 0.4) is 0 Å². The van der Waals surface area contributed by atoms with Gasteiger partial charge in [-0.15, -0.1) is 0 Å². The normalized spacial score (nSPS) is 27.2. The molecule has 0 saturated carbocycles. The van der Waals surface area contributed by atoms with E-state index in [0.717, 1.165) is 6.71 Å². The van der Waals surface area contributed by atoms with Gasteiger partial charge in [0.2, 0.25) is 0 Å². The Kier molecular flexibility index (Phi) is 6.72. The van der Waals surface area contributed by atoms with E-state index < -0.39 is 0 Å². The molecule has 0 aromatic heterocycles. The predicted octanol–water partition coefficient (Wildman–Crippen LogP) is 4.91. The average Bonchev–Trinajstić information content (AvgIpc) is 2.42. The third-order valence-electron chi connectivity index (χ3n) is 3.09. The Bertz CT molecular complexity index is 256. The van der Waals surface area contributed by atoms with E-state index in [4.69, 9.17) is 0 Å². The third-order valence-corrected chi connectivity index (χ3v) is 3.09. The maximum Gasteiger partial charge on any atom is 0.152 e. The molecule has 0 aromatic rings. The minimum absolute atomic E-state index is 0.604. The summed E-state index contributed by atoms with van der Waals surface area (Å²) < 4.78 is 0. The maximum atomic E-state index is 2.34. The summed E-state index contributed by atoms with van der Waals surface area (Å²) in [7, 11) is 0. The van der Waals surface area contributed by atoms with Crippen molar-refractivity contribution in [2.45, 2.75) is 45.1 Å². The molecule has 0 nitrogen and oxygen atoms in total. The van der Waals surface area contributed by atoms with Crippen LogP contribution in [-0.2, 0) is 0 Å². The van der Waals surface area contributed by atoms with Crippen molar-refractivity contribution in [3.63, 3.8) is 0 Å². The van der Waals surface area contributed by atoms with Crippen molar-refractivity contribution in [1.82, 2.24) is 0 Å². The molecule has 0 heterocycles. The van der Waals surface area contributed by atoms with Gasteiger partial charge in [0.15, 0.2) is 6.71 Å². The van der Waals surface area contributed by atoms with Gasteiger partial charge in [0.05, 0.1) is 0 Å². The SMILES string of the molecule is CCCB(CCC)C1\C=C/C=C\C=C/C=C/1. The summed E-state index contributed by atoms with van der Waals surface area (Å²) in [6, 6.07) is 0. The van der Waals surface area contributed by atoms with Crippen LogP contribution in [0, 0.1) is 0 Å². The molecule has 0 bridgehead atoms. The molecule has 1 rings (SSSR count). The van der Waals surface area contributed by atoms with Crippen molar-refractivity contribution in [3.05, 3.63) is 48.6 Å². The van der Waals surface area contributed by atoms with Gasteiger partial charge in [0.1, 0.15) is 0 Å². The van der Waals surface area contributed by atoms with Crippen LogP contribution in [0.1, 0.15) is 26.7 Å². The molecule has 1 atom stereocenters. The fraction of sp³-hybridized carbons (Fsp3) is 0.467. The van der Waals surface area contributed by atoms with E-state index >= 15 is 0 Å². The molecule has 0 spiro atoms. The van der Waals surface area contributed by atoms with E-state index in [0.29, 0.717) is 5.82 Å². The van der Waals surface area contributed by atoms with E-state index in [1.807, 2.05) is 0 Å². The van der Waals surface area contributed by atoms with Crippen molar-refractivity contribution in [3.8, 4) is 0 Å². The molecule has 0 aromatic carbocycles. The lowest BCUT2D eigenvalue weighted by Crippen LogP contribution is -2.17. The predicted molar refractivity (Wildman–Crippen MR) is 76.3 cm³/mol. The van der Waals surface area contributed by atoms with E-state index in [9.17, 15) is 0 Å². The highest BCUT2D eigenvalue weighted by Gasteiger charge is 2.18. The molecule has 1 heteroatoms. The minimum atomic E-state index is 0.604. The Labute approximate surface area is 101 Å². The van der Waals surface area contributed by atoms with Crippen LogP contribution in [0.15, 0.2) is 48.6 Å². The second-order valence-corrected chi connectivity index (χ2v) is 4.45. The summed E-state index contributed by atoms with van der Waals surface area (Å²) in [5.41, 5.74) is 0. The van der Waals surface area contributed by atoms with Crippen molar-refractivity contribution in [2.75, 3.05) is 0 Å². The van der Waals surface area contributed by atoms with Crippen molar-refractivity contribution >= 4 is 6.71 Å². The lowest BCUT2D eigenvalue weighted by Gasteiger charge is -2.17. The smallest absolute Gasteiger partial charge is 0.0849 e. The Morgan fingerprint density at radius 1 is 0.750 bits per heavy atom. The number of allylic oxidation sites excluding steroid dienone is 8. The molecule has 16 heavy (non-hydrogen) atoms. The molecule has 86 valence electrons. The fourth-order valence-electron chi connectivity index (χ4n) is 2.29. The summed E-state index contributed by atoms with van der Waals surface area (Å²) in [4.78, 5) is 0. The van der Waals surface area contributed by atoms with Gasteiger partial charge in [-0.05, 0) is 5.82 Å². The summed E-state index contributed by atoms with van der Waals surface area (Å²) in [5, 5.41) is 0. The average molecular weight is 214 g/mol. The van der Waals surface area contributed by atoms with E-state index in [-0.39, 0.29) is 0 Å². The zero-order chi connectivity index (χ0) is 11.6. The second-order valence-electron chi connectivity index (χ2n) is 4.45. The molecular weight excluding hydrogens is 191 g/mol. The van der Waals surface area contributed by atoms with Gasteiger partial charge in [-0.25, -0.2) is 0 Å². The monoisotopic (exact) mass is 214 g/mol. The first-order valence-electron chi connectivity index (χ1n) is 6.56. The van der Waals surface area contributed by atoms with E-state index in [1.165, 1.54) is 25.5 Å². The number of hydrogen-bond acceptors (Lipinski definition) is 0. The van der Waals surface area contributed by atoms with Crippen LogP contribution in [0.4, 0.5) is 0 Å². The van der Waals surface area contributed by atoms with Gasteiger partial charge in [0, 0.05) is 0 Å². The fourth-order valence-corrected chi connectivity index (χ4v) is 2.29. The molecule has 1 aliphatic rings. The molecule has 1 unspecified atom stereocenters. The molecule has 0 saturated heterocycles. The Morgan fingerprint density at radius 3 is 1.62 bits per heavy atom. The van der Waals surface area contributed by atoms with Gasteiger partial charge >= 0.3 is 0 Å². The summed E-state index contributed by atoms with van der Waals surface area (Å²) in [5.74, 6) is 0.604. The molecule has 0 aliphatic heterocycles. The molecule has 0 N–H and O–H groups in total. The van der Waals surface area contributed by atoms with Gasteiger partial charge in [-0.2, -0.15) is 0 Å². The summed E-state index contributed by atoms with van der Waals surface area (Å²) in [6.07, 6.45) is 22.7. The van der Waals surface area contributed by atoms with Crippen LogP contribution < -0.4 is 0 Å². The lowest BCUT2D eigenvalue weighted by molar-refractivity contribution is 0.981. The maximum absolute atomic E-state index is 2.34. The molecule has 0 radical (unpaired) electrons. The van der Waals surface area contributed by atoms with Gasteiger partial charge in [-0.1, -0.05) is 87.9 Å². The second kappa shape index (κ2) is 8.21. The van der Waals surface area contributed by atoms with Gasteiger partial charge in [-0.3, -0.25) is 0 Å². The minimum Gasteiger partial charge on any atom is -0.0849 e. The highest BCUT2D eigenvalue weighted by atomic mass is 14.0. The van der Waals surface area contributed by atoms with Crippen LogP contribution in [0.25, 0.3) is 0 Å². The van der Waals surface area contributed by atoms with Crippen molar-refractivity contribution in [1.29, 1.82) is 0 Å². The quantitative estimate of drug-likeness (QED) is 0.570. The van der Waals surface area contributed by atoms with Gasteiger partial charge < -0.3 is 0 Å². The van der Waals surface area contributed by atoms with E-state index in [1.54, 1.807) is 0 Å². The molecule has 0 amide bonds. The molecule has 0 fully saturated rings. The Morgan fingerprint density at radius 2 is 1.19 bits per heavy atom. The Hall–Kier alpha value is -0.975. The first-order valence-corrected chi connectivity index (χ1v) is 6.56. The lowest BCUT2D eigenvalue weighted by atomic mass is 9.36. The Balaban J connectivity index is 2.71. The highest BCUT2D eigenvalue weighted by molar-refractivity contribution is 6.61. The van der Waals surface area contributed by atoms with Gasteiger partial charge in [0.25, 0.3) is 0 Å². The third kappa shape index (κ3) is 4.70. The topological polar surface area (TPSA) is 0 Å². The zero-order valence-corrected chi connectivity index (χ0v) is 10.6. The number of rotatable bonds is 5. The standard InChI is InChI=1S/C15H23B/c1-3-13-16(14-4-2)15-11-9-7-5-6-8-10-12-15/h5-12,15H,3-4,13-14H2,1-2H3/b7-5-,8-6-,11-9-,12-10+.